The van der Waals surface area contributed by atoms with E-state index in [1.807, 2.05) is 6.92 Å². The minimum atomic E-state index is -0.913. The molecule has 7 heteroatoms. The molecule has 2 rings (SSSR count). The van der Waals surface area contributed by atoms with Gasteiger partial charge in [-0.15, -0.1) is 11.8 Å². The molecular formula is C21H31NO5S. The number of benzene rings is 1. The van der Waals surface area contributed by atoms with E-state index < -0.39 is 5.54 Å². The first-order valence-corrected chi connectivity index (χ1v) is 11.0. The number of carbonyl (C=O) groups excluding carboxylic acids is 1. The number of unbranched alkanes of at least 4 members (excludes halogenated alkanes) is 4. The van der Waals surface area contributed by atoms with E-state index in [2.05, 4.69) is 4.99 Å². The van der Waals surface area contributed by atoms with Crippen molar-refractivity contribution in [2.24, 2.45) is 4.99 Å². The molecule has 1 aliphatic heterocycles. The zero-order chi connectivity index (χ0) is 20.4. The smallest absolute Gasteiger partial charge is 0.334 e. The van der Waals surface area contributed by atoms with Crippen LogP contribution in [0.2, 0.25) is 0 Å². The van der Waals surface area contributed by atoms with E-state index >= 15 is 0 Å². The van der Waals surface area contributed by atoms with Gasteiger partial charge in [-0.05, 0) is 44.7 Å². The van der Waals surface area contributed by atoms with E-state index in [1.165, 1.54) is 11.8 Å². The molecule has 1 heterocycles. The van der Waals surface area contributed by atoms with Crippen LogP contribution in [-0.2, 0) is 9.53 Å². The van der Waals surface area contributed by atoms with Crippen LogP contribution in [0.4, 0.5) is 0 Å². The molecule has 0 fully saturated rings. The Labute approximate surface area is 171 Å². The quantitative estimate of drug-likeness (QED) is 0.402. The Morgan fingerprint density at radius 2 is 2.00 bits per heavy atom. The largest absolute Gasteiger partial charge is 0.507 e. The second kappa shape index (κ2) is 11.3. The summed E-state index contributed by atoms with van der Waals surface area (Å²) in [6.07, 6.45) is 5.53. The van der Waals surface area contributed by atoms with Gasteiger partial charge in [0.2, 0.25) is 0 Å². The Kier molecular flexibility index (Phi) is 9.12. The Morgan fingerprint density at radius 3 is 2.71 bits per heavy atom. The lowest BCUT2D eigenvalue weighted by molar-refractivity contribution is -0.148. The predicted octanol–water partition coefficient (Wildman–Crippen LogP) is 3.92. The highest BCUT2D eigenvalue weighted by molar-refractivity contribution is 8.14. The molecule has 0 amide bonds. The molecule has 0 spiro atoms. The summed E-state index contributed by atoms with van der Waals surface area (Å²) >= 11 is 1.45. The van der Waals surface area contributed by atoms with Crippen molar-refractivity contribution in [3.05, 3.63) is 23.8 Å². The molecule has 0 saturated heterocycles. The van der Waals surface area contributed by atoms with Crippen molar-refractivity contribution in [1.29, 1.82) is 0 Å². The lowest BCUT2D eigenvalue weighted by atomic mass is 10.1. The van der Waals surface area contributed by atoms with Crippen molar-refractivity contribution in [2.75, 3.05) is 25.6 Å². The van der Waals surface area contributed by atoms with Gasteiger partial charge in [0.1, 0.15) is 16.5 Å². The number of phenolic OH excluding ortho intramolecular Hbond substituents is 1. The van der Waals surface area contributed by atoms with E-state index in [1.54, 1.807) is 25.1 Å². The van der Waals surface area contributed by atoms with Crippen LogP contribution in [0.3, 0.4) is 0 Å². The first kappa shape index (κ1) is 22.6. The Bertz CT molecular complexity index is 679. The molecule has 1 aromatic rings. The summed E-state index contributed by atoms with van der Waals surface area (Å²) in [5, 5.41) is 19.8. The third kappa shape index (κ3) is 6.41. The van der Waals surface area contributed by atoms with E-state index in [4.69, 9.17) is 14.6 Å². The van der Waals surface area contributed by atoms with Gasteiger partial charge < -0.3 is 19.7 Å². The second-order valence-corrected chi connectivity index (χ2v) is 8.10. The topological polar surface area (TPSA) is 88.4 Å². The van der Waals surface area contributed by atoms with Crippen molar-refractivity contribution in [3.8, 4) is 11.5 Å². The number of aliphatic hydroxyl groups excluding tert-OH is 1. The van der Waals surface area contributed by atoms with Crippen LogP contribution in [-0.4, -0.2) is 52.3 Å². The molecule has 0 unspecified atom stereocenters. The lowest BCUT2D eigenvalue weighted by Crippen LogP contribution is -2.35. The van der Waals surface area contributed by atoms with Gasteiger partial charge >= 0.3 is 5.97 Å². The molecule has 28 heavy (non-hydrogen) atoms. The van der Waals surface area contributed by atoms with Gasteiger partial charge in [0, 0.05) is 24.0 Å². The SMILES string of the molecule is CCCCOC(=O)[C@@]1(C)CSC(c2ccc(OCCCCCCO)cc2O)=N1. The number of carbonyl (C=O) groups is 1. The summed E-state index contributed by atoms with van der Waals surface area (Å²) in [7, 11) is 0. The molecule has 1 aromatic carbocycles. The molecule has 0 aromatic heterocycles. The minimum Gasteiger partial charge on any atom is -0.507 e. The lowest BCUT2D eigenvalue weighted by Gasteiger charge is -2.17. The molecule has 1 aliphatic rings. The fourth-order valence-electron chi connectivity index (χ4n) is 2.74. The Morgan fingerprint density at radius 1 is 1.21 bits per heavy atom. The maximum atomic E-state index is 12.3. The first-order valence-electron chi connectivity index (χ1n) is 9.97. The number of ether oxygens (including phenoxy) is 2. The van der Waals surface area contributed by atoms with Gasteiger partial charge in [-0.3, -0.25) is 4.99 Å². The van der Waals surface area contributed by atoms with Crippen LogP contribution >= 0.6 is 11.8 Å². The molecule has 0 saturated carbocycles. The van der Waals surface area contributed by atoms with Crippen molar-refractivity contribution in [3.63, 3.8) is 0 Å². The Balaban J connectivity index is 1.93. The number of aromatic hydroxyl groups is 1. The second-order valence-electron chi connectivity index (χ2n) is 7.13. The highest BCUT2D eigenvalue weighted by atomic mass is 32.2. The minimum absolute atomic E-state index is 0.0904. The highest BCUT2D eigenvalue weighted by Crippen LogP contribution is 2.36. The molecule has 0 aliphatic carbocycles. The zero-order valence-electron chi connectivity index (χ0n) is 16.8. The van der Waals surface area contributed by atoms with Crippen LogP contribution in [0.15, 0.2) is 23.2 Å². The van der Waals surface area contributed by atoms with Crippen LogP contribution < -0.4 is 4.74 Å². The fraction of sp³-hybridized carbons (Fsp3) is 0.619. The van der Waals surface area contributed by atoms with Gasteiger partial charge in [0.15, 0.2) is 5.54 Å². The number of rotatable bonds is 12. The van der Waals surface area contributed by atoms with Crippen LogP contribution in [0.25, 0.3) is 0 Å². The van der Waals surface area contributed by atoms with Crippen LogP contribution in [0.1, 0.15) is 57.9 Å². The molecule has 6 nitrogen and oxygen atoms in total. The van der Waals surface area contributed by atoms with Crippen LogP contribution in [0.5, 0.6) is 11.5 Å². The summed E-state index contributed by atoms with van der Waals surface area (Å²) in [5.41, 5.74) is -0.311. The number of hydrogen-bond acceptors (Lipinski definition) is 7. The molecular weight excluding hydrogens is 378 g/mol. The predicted molar refractivity (Wildman–Crippen MR) is 112 cm³/mol. The molecule has 156 valence electrons. The van der Waals surface area contributed by atoms with E-state index in [9.17, 15) is 9.90 Å². The standard InChI is InChI=1S/C21H31NO5S/c1-3-4-12-27-20(25)21(2)15-28-19(22-21)17-10-9-16(14-18(17)24)26-13-8-6-5-7-11-23/h9-10,14,23-24H,3-8,11-13,15H2,1-2H3/t21-/m1/s1. The monoisotopic (exact) mass is 409 g/mol. The summed E-state index contributed by atoms with van der Waals surface area (Å²) < 4.78 is 11.0. The van der Waals surface area contributed by atoms with Crippen LogP contribution in [0, 0.1) is 0 Å². The fourth-order valence-corrected chi connectivity index (χ4v) is 3.94. The summed E-state index contributed by atoms with van der Waals surface area (Å²) in [6.45, 7) is 5.03. The van der Waals surface area contributed by atoms with Gasteiger partial charge in [0.25, 0.3) is 0 Å². The average molecular weight is 410 g/mol. The first-order chi connectivity index (χ1) is 13.5. The number of aliphatic hydroxyl groups is 1. The average Bonchev–Trinajstić information content (AvgIpc) is 3.08. The third-order valence-electron chi connectivity index (χ3n) is 4.53. The number of esters is 1. The van der Waals surface area contributed by atoms with Gasteiger partial charge in [-0.2, -0.15) is 0 Å². The molecule has 0 bridgehead atoms. The summed E-state index contributed by atoms with van der Waals surface area (Å²) in [5.74, 6) is 0.879. The number of thioether (sulfide) groups is 1. The van der Waals surface area contributed by atoms with Crippen molar-refractivity contribution >= 4 is 22.8 Å². The van der Waals surface area contributed by atoms with E-state index in [0.29, 0.717) is 35.3 Å². The van der Waals surface area contributed by atoms with E-state index in [-0.39, 0.29) is 18.3 Å². The molecule has 0 radical (unpaired) electrons. The summed E-state index contributed by atoms with van der Waals surface area (Å²) in [4.78, 5) is 16.9. The number of nitrogens with zero attached hydrogens (tertiary/aromatic N) is 1. The zero-order valence-corrected chi connectivity index (χ0v) is 17.6. The number of phenols is 1. The Hall–Kier alpha value is -1.73. The normalized spacial score (nSPS) is 18.8. The number of aliphatic imine (C=N–C) groups is 1. The number of hydrogen-bond donors (Lipinski definition) is 2. The van der Waals surface area contributed by atoms with Gasteiger partial charge in [0.05, 0.1) is 13.2 Å². The maximum absolute atomic E-state index is 12.3. The van der Waals surface area contributed by atoms with Gasteiger partial charge in [-0.25, -0.2) is 4.79 Å². The van der Waals surface area contributed by atoms with Gasteiger partial charge in [-0.1, -0.05) is 19.8 Å². The molecule has 2 N–H and O–H groups in total. The highest BCUT2D eigenvalue weighted by Gasteiger charge is 2.40. The van der Waals surface area contributed by atoms with Crippen molar-refractivity contribution in [2.45, 2.75) is 57.9 Å². The third-order valence-corrected chi connectivity index (χ3v) is 5.82. The van der Waals surface area contributed by atoms with Crippen molar-refractivity contribution < 1.29 is 24.5 Å². The maximum Gasteiger partial charge on any atom is 0.334 e. The van der Waals surface area contributed by atoms with Crippen molar-refractivity contribution in [1.82, 2.24) is 0 Å². The summed E-state index contributed by atoms with van der Waals surface area (Å²) in [6, 6.07) is 5.17. The van der Waals surface area contributed by atoms with E-state index in [0.717, 1.165) is 38.5 Å². The molecule has 1 atom stereocenters.